The first kappa shape index (κ1) is 17.3. The smallest absolute Gasteiger partial charge is 0.232 e. The number of ether oxygens (including phenoxy) is 1. The Morgan fingerprint density at radius 2 is 2.04 bits per heavy atom. The van der Waals surface area contributed by atoms with Gasteiger partial charge in [0.15, 0.2) is 0 Å². The molecule has 0 aliphatic carbocycles. The summed E-state index contributed by atoms with van der Waals surface area (Å²) >= 11 is 0. The second kappa shape index (κ2) is 6.87. The molecule has 3 aromatic rings. The second-order valence-corrected chi connectivity index (χ2v) is 6.88. The van der Waals surface area contributed by atoms with Crippen LogP contribution >= 0.6 is 0 Å². The number of hydrogen-bond acceptors (Lipinski definition) is 5. The molecule has 0 radical (unpaired) electrons. The fraction of sp³-hybridized carbons (Fsp3) is 0.286. The normalized spacial score (nSPS) is 16.8. The molecule has 0 N–H and O–H groups in total. The molecule has 138 valence electrons. The molecule has 0 saturated carbocycles. The third-order valence-corrected chi connectivity index (χ3v) is 4.91. The lowest BCUT2D eigenvalue weighted by Crippen LogP contribution is -2.24. The Bertz CT molecular complexity index is 996. The number of rotatable bonds is 4. The van der Waals surface area contributed by atoms with E-state index in [-0.39, 0.29) is 11.8 Å². The molecule has 1 unspecified atom stereocenters. The molecule has 6 nitrogen and oxygen atoms in total. The second-order valence-electron chi connectivity index (χ2n) is 6.88. The van der Waals surface area contributed by atoms with Crippen LogP contribution in [0.2, 0.25) is 0 Å². The highest BCUT2D eigenvalue weighted by molar-refractivity contribution is 5.96. The summed E-state index contributed by atoms with van der Waals surface area (Å²) in [6.45, 7) is 4.57. The lowest BCUT2D eigenvalue weighted by molar-refractivity contribution is -0.117. The number of benzene rings is 2. The van der Waals surface area contributed by atoms with Crippen molar-refractivity contribution < 1.29 is 14.1 Å². The molecule has 1 aliphatic heterocycles. The van der Waals surface area contributed by atoms with E-state index in [2.05, 4.69) is 16.2 Å². The highest BCUT2D eigenvalue weighted by Crippen LogP contribution is 2.33. The summed E-state index contributed by atoms with van der Waals surface area (Å²) in [5.74, 6) is 1.72. The van der Waals surface area contributed by atoms with E-state index in [4.69, 9.17) is 9.26 Å². The average Bonchev–Trinajstić information content (AvgIpc) is 3.30. The Kier molecular flexibility index (Phi) is 4.39. The molecule has 6 heteroatoms. The van der Waals surface area contributed by atoms with Gasteiger partial charge in [-0.15, -0.1) is 0 Å². The quantitative estimate of drug-likeness (QED) is 0.703. The van der Waals surface area contributed by atoms with E-state index >= 15 is 0 Å². The van der Waals surface area contributed by atoms with Crippen LogP contribution in [0.3, 0.4) is 0 Å². The molecule has 1 atom stereocenters. The molecule has 1 fully saturated rings. The summed E-state index contributed by atoms with van der Waals surface area (Å²) in [6, 6.07) is 13.6. The number of methoxy groups -OCH3 is 1. The van der Waals surface area contributed by atoms with Gasteiger partial charge in [-0.05, 0) is 37.6 Å². The van der Waals surface area contributed by atoms with Crippen molar-refractivity contribution in [1.29, 1.82) is 0 Å². The van der Waals surface area contributed by atoms with Gasteiger partial charge in [-0.25, -0.2) is 0 Å². The monoisotopic (exact) mass is 363 g/mol. The number of amides is 1. The standard InChI is InChI=1S/C21H21N3O3/c1-13-7-8-14(2)18(9-13)20-22-21(27-23-20)15-10-19(25)24(12-15)16-5-4-6-17(11-16)26-3/h4-9,11,15H,10,12H2,1-3H3. The number of carbonyl (C=O) groups excluding carboxylic acids is 1. The molecule has 2 heterocycles. The highest BCUT2D eigenvalue weighted by atomic mass is 16.5. The van der Waals surface area contributed by atoms with Gasteiger partial charge in [0.25, 0.3) is 0 Å². The lowest BCUT2D eigenvalue weighted by Gasteiger charge is -2.16. The third kappa shape index (κ3) is 3.30. The molecule has 1 amide bonds. The van der Waals surface area contributed by atoms with Gasteiger partial charge in [-0.1, -0.05) is 28.9 Å². The molecule has 4 rings (SSSR count). The maximum absolute atomic E-state index is 12.5. The zero-order valence-corrected chi connectivity index (χ0v) is 15.6. The van der Waals surface area contributed by atoms with Crippen LogP contribution in [0.15, 0.2) is 47.0 Å². The van der Waals surface area contributed by atoms with E-state index in [1.165, 1.54) is 0 Å². The summed E-state index contributed by atoms with van der Waals surface area (Å²) in [7, 11) is 1.61. The number of nitrogens with zero attached hydrogens (tertiary/aromatic N) is 3. The van der Waals surface area contributed by atoms with Gasteiger partial charge in [0.1, 0.15) is 5.75 Å². The van der Waals surface area contributed by atoms with E-state index in [1.807, 2.05) is 50.2 Å². The molecule has 27 heavy (non-hydrogen) atoms. The van der Waals surface area contributed by atoms with E-state index in [9.17, 15) is 4.79 Å². The molecular formula is C21H21N3O3. The maximum atomic E-state index is 12.5. The van der Waals surface area contributed by atoms with Crippen molar-refractivity contribution in [3.63, 3.8) is 0 Å². The predicted molar refractivity (Wildman–Crippen MR) is 102 cm³/mol. The minimum Gasteiger partial charge on any atom is -0.497 e. The third-order valence-electron chi connectivity index (χ3n) is 4.91. The highest BCUT2D eigenvalue weighted by Gasteiger charge is 2.35. The minimum absolute atomic E-state index is 0.0414. The van der Waals surface area contributed by atoms with Crippen molar-refractivity contribution in [3.8, 4) is 17.1 Å². The molecular weight excluding hydrogens is 342 g/mol. The topological polar surface area (TPSA) is 68.5 Å². The van der Waals surface area contributed by atoms with Gasteiger partial charge < -0.3 is 14.2 Å². The first-order valence-corrected chi connectivity index (χ1v) is 8.91. The van der Waals surface area contributed by atoms with Gasteiger partial charge in [0.2, 0.25) is 17.6 Å². The number of anilines is 1. The van der Waals surface area contributed by atoms with Crippen LogP contribution < -0.4 is 9.64 Å². The molecule has 1 aromatic heterocycles. The van der Waals surface area contributed by atoms with Crippen LogP contribution in [0, 0.1) is 13.8 Å². The lowest BCUT2D eigenvalue weighted by atomic mass is 10.1. The van der Waals surface area contributed by atoms with Crippen LogP contribution in [-0.4, -0.2) is 29.7 Å². The van der Waals surface area contributed by atoms with Gasteiger partial charge in [-0.3, -0.25) is 4.79 Å². The molecule has 0 bridgehead atoms. The summed E-state index contributed by atoms with van der Waals surface area (Å²) in [6.07, 6.45) is 0.353. The summed E-state index contributed by atoms with van der Waals surface area (Å²) in [4.78, 5) is 18.9. The fourth-order valence-electron chi connectivity index (χ4n) is 3.39. The summed E-state index contributed by atoms with van der Waals surface area (Å²) < 4.78 is 10.8. The van der Waals surface area contributed by atoms with Crippen LogP contribution in [0.1, 0.15) is 29.4 Å². The van der Waals surface area contributed by atoms with Crippen LogP contribution in [-0.2, 0) is 4.79 Å². The van der Waals surface area contributed by atoms with E-state index < -0.39 is 0 Å². The van der Waals surface area contributed by atoms with E-state index in [0.717, 1.165) is 28.1 Å². The van der Waals surface area contributed by atoms with Gasteiger partial charge in [0, 0.05) is 30.3 Å². The van der Waals surface area contributed by atoms with Gasteiger partial charge >= 0.3 is 0 Å². The Morgan fingerprint density at radius 1 is 1.19 bits per heavy atom. The van der Waals surface area contributed by atoms with Crippen molar-refractivity contribution in [2.24, 2.45) is 0 Å². The Hall–Kier alpha value is -3.15. The molecule has 1 aliphatic rings. The van der Waals surface area contributed by atoms with Crippen molar-refractivity contribution in [2.75, 3.05) is 18.6 Å². The number of aryl methyl sites for hydroxylation is 2. The minimum atomic E-state index is -0.116. The maximum Gasteiger partial charge on any atom is 0.232 e. The molecule has 2 aromatic carbocycles. The number of aromatic nitrogens is 2. The SMILES string of the molecule is COc1cccc(N2CC(c3nc(-c4cc(C)ccc4C)no3)CC2=O)c1. The largest absolute Gasteiger partial charge is 0.497 e. The predicted octanol–water partition coefficient (Wildman–Crippen LogP) is 3.88. The summed E-state index contributed by atoms with van der Waals surface area (Å²) in [5, 5.41) is 4.15. The first-order chi connectivity index (χ1) is 13.0. The van der Waals surface area contributed by atoms with Crippen LogP contribution in [0.25, 0.3) is 11.4 Å². The summed E-state index contributed by atoms with van der Waals surface area (Å²) in [5.41, 5.74) is 4.01. The van der Waals surface area contributed by atoms with Crippen molar-refractivity contribution in [3.05, 3.63) is 59.5 Å². The van der Waals surface area contributed by atoms with Gasteiger partial charge in [0.05, 0.1) is 13.0 Å². The van der Waals surface area contributed by atoms with E-state index in [0.29, 0.717) is 24.7 Å². The Labute approximate surface area is 157 Å². The molecule has 1 saturated heterocycles. The van der Waals surface area contributed by atoms with Crippen molar-refractivity contribution in [2.45, 2.75) is 26.2 Å². The average molecular weight is 363 g/mol. The van der Waals surface area contributed by atoms with Gasteiger partial charge in [-0.2, -0.15) is 4.98 Å². The fourth-order valence-corrected chi connectivity index (χ4v) is 3.39. The Morgan fingerprint density at radius 3 is 2.85 bits per heavy atom. The number of carbonyl (C=O) groups is 1. The van der Waals surface area contributed by atoms with Crippen molar-refractivity contribution in [1.82, 2.24) is 10.1 Å². The van der Waals surface area contributed by atoms with Crippen molar-refractivity contribution >= 4 is 11.6 Å². The van der Waals surface area contributed by atoms with Crippen LogP contribution in [0.5, 0.6) is 5.75 Å². The van der Waals surface area contributed by atoms with Crippen LogP contribution in [0.4, 0.5) is 5.69 Å². The Balaban J connectivity index is 1.58. The zero-order valence-electron chi connectivity index (χ0n) is 15.6. The first-order valence-electron chi connectivity index (χ1n) is 8.91. The zero-order chi connectivity index (χ0) is 19.0. The molecule has 0 spiro atoms. The van der Waals surface area contributed by atoms with E-state index in [1.54, 1.807) is 12.0 Å². The number of hydrogen-bond donors (Lipinski definition) is 0.